The van der Waals surface area contributed by atoms with Crippen LogP contribution in [0.4, 0.5) is 8.78 Å². The molecule has 0 aliphatic rings. The second kappa shape index (κ2) is 9.19. The van der Waals surface area contributed by atoms with Crippen LogP contribution in [-0.4, -0.2) is 18.5 Å². The van der Waals surface area contributed by atoms with E-state index in [1.54, 1.807) is 6.07 Å². The van der Waals surface area contributed by atoms with Crippen molar-refractivity contribution in [3.8, 4) is 5.75 Å². The van der Waals surface area contributed by atoms with Gasteiger partial charge >= 0.3 is 0 Å². The predicted octanol–water partition coefficient (Wildman–Crippen LogP) is 5.76. The maximum Gasteiger partial charge on any atom is 0.123 e. The van der Waals surface area contributed by atoms with Crippen LogP contribution in [-0.2, 0) is 6.42 Å². The molecular weight excluding hydrogens is 282 g/mol. The molecule has 0 radical (unpaired) electrons. The Morgan fingerprint density at radius 3 is 2.41 bits per heavy atom. The van der Waals surface area contributed by atoms with E-state index in [4.69, 9.17) is 0 Å². The van der Waals surface area contributed by atoms with Crippen LogP contribution in [0.5, 0.6) is 5.75 Å². The van der Waals surface area contributed by atoms with Gasteiger partial charge in [-0.25, -0.2) is 4.39 Å². The van der Waals surface area contributed by atoms with Crippen LogP contribution in [0.1, 0.15) is 31.7 Å². The topological polar surface area (TPSA) is 20.2 Å². The lowest BCUT2D eigenvalue weighted by Gasteiger charge is -2.09. The van der Waals surface area contributed by atoms with Gasteiger partial charge in [-0.2, -0.15) is 0 Å². The first-order chi connectivity index (χ1) is 10.6. The standard InChI is InChI=1S/C18H21FO.CH3F/c1-13(14(2)19)7-3-4-8-15-9-5-11-17-16(15)10-6-12-18(17)20;1-2/h5-6,9-12,14,20H,1,3-4,7-8H2,2H3;1H3. The Labute approximate surface area is 131 Å². The molecule has 0 aliphatic carbocycles. The lowest BCUT2D eigenvalue weighted by atomic mass is 9.98. The van der Waals surface area contributed by atoms with Gasteiger partial charge in [-0.05, 0) is 55.2 Å². The van der Waals surface area contributed by atoms with Crippen molar-refractivity contribution in [2.45, 2.75) is 38.8 Å². The Kier molecular flexibility index (Phi) is 7.58. The molecule has 3 heteroatoms. The van der Waals surface area contributed by atoms with Gasteiger partial charge < -0.3 is 5.11 Å². The van der Waals surface area contributed by atoms with Crippen molar-refractivity contribution in [2.24, 2.45) is 0 Å². The number of unbranched alkanes of at least 4 members (excludes halogenated alkanes) is 1. The number of hydrogen-bond acceptors (Lipinski definition) is 1. The molecule has 2 aromatic rings. The largest absolute Gasteiger partial charge is 0.507 e. The highest BCUT2D eigenvalue weighted by Gasteiger charge is 2.06. The molecular formula is C19H24F2O. The number of aryl methyl sites for hydroxylation is 1. The molecule has 1 N–H and O–H groups in total. The summed E-state index contributed by atoms with van der Waals surface area (Å²) in [5.41, 5.74) is 1.91. The average molecular weight is 306 g/mol. The summed E-state index contributed by atoms with van der Waals surface area (Å²) in [5.74, 6) is 0.323. The molecule has 1 unspecified atom stereocenters. The molecule has 0 amide bonds. The SMILES string of the molecule is C=C(CCCCc1cccc2c(O)cccc12)C(C)F.CF. The normalized spacial score (nSPS) is 11.6. The fourth-order valence-corrected chi connectivity index (χ4v) is 2.44. The molecule has 1 nitrogen and oxygen atoms in total. The summed E-state index contributed by atoms with van der Waals surface area (Å²) in [6.07, 6.45) is 2.72. The molecule has 0 aliphatic heterocycles. The lowest BCUT2D eigenvalue weighted by Crippen LogP contribution is -1.97. The molecule has 0 saturated heterocycles. The number of benzene rings is 2. The van der Waals surface area contributed by atoms with Crippen molar-refractivity contribution in [3.63, 3.8) is 0 Å². The van der Waals surface area contributed by atoms with Crippen LogP contribution < -0.4 is 0 Å². The molecule has 0 heterocycles. The third kappa shape index (κ3) is 4.83. The van der Waals surface area contributed by atoms with Gasteiger partial charge in [0.1, 0.15) is 11.9 Å². The van der Waals surface area contributed by atoms with E-state index in [-0.39, 0.29) is 0 Å². The van der Waals surface area contributed by atoms with Crippen LogP contribution in [0.25, 0.3) is 10.8 Å². The fourth-order valence-electron chi connectivity index (χ4n) is 2.44. The van der Waals surface area contributed by atoms with Crippen LogP contribution in [0.3, 0.4) is 0 Å². The molecule has 22 heavy (non-hydrogen) atoms. The number of hydrogen-bond donors (Lipinski definition) is 1. The van der Waals surface area contributed by atoms with Gasteiger partial charge in [0.2, 0.25) is 0 Å². The molecule has 0 spiro atoms. The Morgan fingerprint density at radius 2 is 1.73 bits per heavy atom. The lowest BCUT2D eigenvalue weighted by molar-refractivity contribution is 0.400. The van der Waals surface area contributed by atoms with Crippen molar-refractivity contribution in [1.29, 1.82) is 0 Å². The van der Waals surface area contributed by atoms with Gasteiger partial charge in [-0.1, -0.05) is 36.9 Å². The van der Waals surface area contributed by atoms with Gasteiger partial charge in [0.05, 0.1) is 7.18 Å². The zero-order valence-corrected chi connectivity index (χ0v) is 13.3. The fraction of sp³-hybridized carbons (Fsp3) is 0.368. The molecule has 0 aromatic heterocycles. The van der Waals surface area contributed by atoms with Crippen LogP contribution in [0.2, 0.25) is 0 Å². The summed E-state index contributed by atoms with van der Waals surface area (Å²) < 4.78 is 22.5. The van der Waals surface area contributed by atoms with E-state index in [2.05, 4.69) is 12.6 Å². The van der Waals surface area contributed by atoms with E-state index in [9.17, 15) is 13.9 Å². The second-order valence-corrected chi connectivity index (χ2v) is 5.27. The van der Waals surface area contributed by atoms with E-state index in [1.807, 2.05) is 24.3 Å². The van der Waals surface area contributed by atoms with Gasteiger partial charge in [-0.3, -0.25) is 4.39 Å². The van der Waals surface area contributed by atoms with Crippen LogP contribution in [0.15, 0.2) is 48.6 Å². The summed E-state index contributed by atoms with van der Waals surface area (Å²) >= 11 is 0. The first kappa shape index (κ1) is 18.1. The minimum atomic E-state index is -0.912. The summed E-state index contributed by atoms with van der Waals surface area (Å²) in [4.78, 5) is 0. The number of rotatable bonds is 6. The van der Waals surface area contributed by atoms with Gasteiger partial charge in [-0.15, -0.1) is 0 Å². The van der Waals surface area contributed by atoms with Crippen molar-refractivity contribution >= 4 is 10.8 Å². The third-order valence-corrected chi connectivity index (χ3v) is 3.75. The van der Waals surface area contributed by atoms with E-state index in [0.29, 0.717) is 18.5 Å². The summed E-state index contributed by atoms with van der Waals surface area (Å²) in [6, 6.07) is 11.6. The minimum Gasteiger partial charge on any atom is -0.507 e. The number of allylic oxidation sites excluding steroid dienone is 1. The van der Waals surface area contributed by atoms with E-state index in [0.717, 1.165) is 36.5 Å². The monoisotopic (exact) mass is 306 g/mol. The molecule has 0 fully saturated rings. The molecule has 2 aromatic carbocycles. The molecule has 1 atom stereocenters. The third-order valence-electron chi connectivity index (χ3n) is 3.75. The molecule has 120 valence electrons. The highest BCUT2D eigenvalue weighted by atomic mass is 19.1. The van der Waals surface area contributed by atoms with Gasteiger partial charge in [0.15, 0.2) is 0 Å². The number of alkyl halides is 2. The predicted molar refractivity (Wildman–Crippen MR) is 89.9 cm³/mol. The molecule has 0 saturated carbocycles. The van der Waals surface area contributed by atoms with Crippen molar-refractivity contribution < 1.29 is 13.9 Å². The number of halogens is 2. The number of phenolic OH excluding ortho intramolecular Hbond substituents is 1. The molecule has 0 bridgehead atoms. The summed E-state index contributed by atoms with van der Waals surface area (Å²) in [5, 5.41) is 11.8. The Morgan fingerprint density at radius 1 is 1.09 bits per heavy atom. The van der Waals surface area contributed by atoms with Crippen molar-refractivity contribution in [2.75, 3.05) is 7.18 Å². The van der Waals surface area contributed by atoms with Crippen molar-refractivity contribution in [1.82, 2.24) is 0 Å². The van der Waals surface area contributed by atoms with Gasteiger partial charge in [0.25, 0.3) is 0 Å². The highest BCUT2D eigenvalue weighted by Crippen LogP contribution is 2.27. The maximum absolute atomic E-state index is 13.0. The summed E-state index contributed by atoms with van der Waals surface area (Å²) in [7, 11) is 0.500. The van der Waals surface area contributed by atoms with Crippen molar-refractivity contribution in [3.05, 3.63) is 54.1 Å². The molecule has 2 rings (SSSR count). The first-order valence-corrected chi connectivity index (χ1v) is 7.48. The van der Waals surface area contributed by atoms with E-state index in [1.165, 1.54) is 12.5 Å². The number of aromatic hydroxyl groups is 1. The zero-order chi connectivity index (χ0) is 16.5. The minimum absolute atomic E-state index is 0.323. The average Bonchev–Trinajstić information content (AvgIpc) is 2.54. The second-order valence-electron chi connectivity index (χ2n) is 5.27. The smallest absolute Gasteiger partial charge is 0.123 e. The number of phenols is 1. The Hall–Kier alpha value is -1.90. The Balaban J connectivity index is 0.00000116. The Bertz CT molecular complexity index is 605. The van der Waals surface area contributed by atoms with E-state index < -0.39 is 6.17 Å². The van der Waals surface area contributed by atoms with Crippen LogP contribution >= 0.6 is 0 Å². The number of fused-ring (bicyclic) bond motifs is 1. The van der Waals surface area contributed by atoms with E-state index >= 15 is 0 Å². The first-order valence-electron chi connectivity index (χ1n) is 7.48. The maximum atomic E-state index is 13.0. The van der Waals surface area contributed by atoms with Crippen LogP contribution in [0, 0.1) is 0 Å². The summed E-state index contributed by atoms with van der Waals surface area (Å²) in [6.45, 7) is 5.29. The zero-order valence-electron chi connectivity index (χ0n) is 13.3. The van der Waals surface area contributed by atoms with Gasteiger partial charge in [0, 0.05) is 5.39 Å². The quantitative estimate of drug-likeness (QED) is 0.531. The highest BCUT2D eigenvalue weighted by molar-refractivity contribution is 5.90.